The number of nitrogens with one attached hydrogen (secondary N) is 2. The molecule has 0 fully saturated rings. The first-order valence-electron chi connectivity index (χ1n) is 9.36. The molecule has 7 heteroatoms. The standard InChI is InChI=1S/C21H22Cl2N4O/c22-14-3-1-2-13(10-14)21(28)27-9-6-16-17-11-15(23)4-5-18(17)26-20(16)19(27)12-25-8-7-24/h1-5,10-11,19,25-26H,6-9,12,24H2. The van der Waals surface area contributed by atoms with Crippen LogP contribution in [0, 0.1) is 0 Å². The lowest BCUT2D eigenvalue weighted by Crippen LogP contribution is -2.44. The van der Waals surface area contributed by atoms with Crippen LogP contribution in [0.15, 0.2) is 42.5 Å². The number of nitrogens with zero attached hydrogens (tertiary/aromatic N) is 1. The number of aromatic nitrogens is 1. The third-order valence-electron chi connectivity index (χ3n) is 5.20. The lowest BCUT2D eigenvalue weighted by molar-refractivity contribution is 0.0656. The minimum absolute atomic E-state index is 0.0237. The molecule has 0 saturated carbocycles. The number of amides is 1. The summed E-state index contributed by atoms with van der Waals surface area (Å²) in [6.07, 6.45) is 0.773. The molecular weight excluding hydrogens is 395 g/mol. The van der Waals surface area contributed by atoms with Crippen LogP contribution >= 0.6 is 23.2 Å². The zero-order chi connectivity index (χ0) is 19.7. The third kappa shape index (κ3) is 3.63. The number of halogens is 2. The molecule has 5 nitrogen and oxygen atoms in total. The molecule has 146 valence electrons. The van der Waals surface area contributed by atoms with E-state index in [9.17, 15) is 4.79 Å². The summed E-state index contributed by atoms with van der Waals surface area (Å²) in [4.78, 5) is 18.7. The second-order valence-electron chi connectivity index (χ2n) is 6.97. The fourth-order valence-electron chi connectivity index (χ4n) is 3.92. The highest BCUT2D eigenvalue weighted by Crippen LogP contribution is 2.36. The Labute approximate surface area is 173 Å². The lowest BCUT2D eigenvalue weighted by atomic mass is 9.96. The smallest absolute Gasteiger partial charge is 0.254 e. The van der Waals surface area contributed by atoms with E-state index in [4.69, 9.17) is 28.9 Å². The molecule has 1 aromatic heterocycles. The monoisotopic (exact) mass is 416 g/mol. The summed E-state index contributed by atoms with van der Waals surface area (Å²) in [6.45, 7) is 2.49. The van der Waals surface area contributed by atoms with E-state index >= 15 is 0 Å². The highest BCUT2D eigenvalue weighted by atomic mass is 35.5. The Morgan fingerprint density at radius 3 is 2.82 bits per heavy atom. The van der Waals surface area contributed by atoms with Gasteiger partial charge >= 0.3 is 0 Å². The summed E-state index contributed by atoms with van der Waals surface area (Å²) >= 11 is 12.3. The van der Waals surface area contributed by atoms with E-state index in [-0.39, 0.29) is 11.9 Å². The molecule has 1 aliphatic heterocycles. The van der Waals surface area contributed by atoms with Crippen LogP contribution < -0.4 is 11.1 Å². The van der Waals surface area contributed by atoms with Crippen molar-refractivity contribution in [2.45, 2.75) is 12.5 Å². The van der Waals surface area contributed by atoms with Crippen molar-refractivity contribution in [2.24, 2.45) is 5.73 Å². The molecular formula is C21H22Cl2N4O. The van der Waals surface area contributed by atoms with Crippen LogP contribution in [0.3, 0.4) is 0 Å². The van der Waals surface area contributed by atoms with E-state index in [1.807, 2.05) is 23.1 Å². The van der Waals surface area contributed by atoms with Crippen LogP contribution in [0.2, 0.25) is 10.0 Å². The number of benzene rings is 2. The fraction of sp³-hybridized carbons (Fsp3) is 0.286. The van der Waals surface area contributed by atoms with Gasteiger partial charge in [0.05, 0.1) is 6.04 Å². The first-order valence-corrected chi connectivity index (χ1v) is 10.1. The molecule has 0 spiro atoms. The Balaban J connectivity index is 1.73. The van der Waals surface area contributed by atoms with Gasteiger partial charge in [0.15, 0.2) is 0 Å². The maximum Gasteiger partial charge on any atom is 0.254 e. The third-order valence-corrected chi connectivity index (χ3v) is 5.67. The number of H-pyrrole nitrogens is 1. The van der Waals surface area contributed by atoms with Gasteiger partial charge in [-0.25, -0.2) is 0 Å². The van der Waals surface area contributed by atoms with E-state index in [2.05, 4.69) is 10.3 Å². The normalized spacial score (nSPS) is 16.4. The molecule has 0 radical (unpaired) electrons. The minimum atomic E-state index is -0.118. The van der Waals surface area contributed by atoms with Gasteiger partial charge in [0.25, 0.3) is 5.91 Å². The molecule has 1 aliphatic rings. The molecule has 1 atom stereocenters. The van der Waals surface area contributed by atoms with Crippen LogP contribution in [-0.2, 0) is 6.42 Å². The predicted octanol–water partition coefficient (Wildman–Crippen LogP) is 3.76. The van der Waals surface area contributed by atoms with Crippen LogP contribution in [0.1, 0.15) is 27.7 Å². The second kappa shape index (κ2) is 8.13. The number of hydrogen-bond acceptors (Lipinski definition) is 3. The van der Waals surface area contributed by atoms with Gasteiger partial charge in [0.2, 0.25) is 0 Å². The number of carbonyl (C=O) groups is 1. The van der Waals surface area contributed by atoms with Gasteiger partial charge in [0.1, 0.15) is 0 Å². The molecule has 1 amide bonds. The fourth-order valence-corrected chi connectivity index (χ4v) is 4.28. The van der Waals surface area contributed by atoms with E-state index in [0.717, 1.165) is 23.0 Å². The topological polar surface area (TPSA) is 74.2 Å². The average Bonchev–Trinajstić information content (AvgIpc) is 3.06. The first-order chi connectivity index (χ1) is 13.6. The van der Waals surface area contributed by atoms with Gasteiger partial charge in [-0.15, -0.1) is 0 Å². The lowest BCUT2D eigenvalue weighted by Gasteiger charge is -2.36. The summed E-state index contributed by atoms with van der Waals surface area (Å²) in [6, 6.07) is 12.8. The molecule has 1 unspecified atom stereocenters. The van der Waals surface area contributed by atoms with Gasteiger partial charge in [-0.3, -0.25) is 4.79 Å². The van der Waals surface area contributed by atoms with E-state index < -0.39 is 0 Å². The Bertz CT molecular complexity index is 1020. The van der Waals surface area contributed by atoms with E-state index in [1.165, 1.54) is 5.56 Å². The first kappa shape index (κ1) is 19.3. The maximum atomic E-state index is 13.3. The number of carbonyl (C=O) groups excluding carboxylic acids is 1. The number of hydrogen-bond donors (Lipinski definition) is 3. The summed E-state index contributed by atoms with van der Waals surface area (Å²) in [5, 5.41) is 5.75. The number of nitrogens with two attached hydrogens (primary N) is 1. The van der Waals surface area contributed by atoms with Crippen molar-refractivity contribution in [3.63, 3.8) is 0 Å². The van der Waals surface area contributed by atoms with Gasteiger partial charge in [-0.1, -0.05) is 29.3 Å². The maximum absolute atomic E-state index is 13.3. The Morgan fingerprint density at radius 2 is 2.04 bits per heavy atom. The zero-order valence-corrected chi connectivity index (χ0v) is 16.9. The predicted molar refractivity (Wildman–Crippen MR) is 114 cm³/mol. The highest BCUT2D eigenvalue weighted by molar-refractivity contribution is 6.31. The van der Waals surface area contributed by atoms with Crippen molar-refractivity contribution in [3.05, 3.63) is 69.3 Å². The van der Waals surface area contributed by atoms with Crippen molar-refractivity contribution in [2.75, 3.05) is 26.2 Å². The van der Waals surface area contributed by atoms with E-state index in [1.54, 1.807) is 24.3 Å². The van der Waals surface area contributed by atoms with Crippen LogP contribution in [0.4, 0.5) is 0 Å². The Kier molecular flexibility index (Phi) is 5.60. The van der Waals surface area contributed by atoms with Gasteiger partial charge in [-0.05, 0) is 48.4 Å². The zero-order valence-electron chi connectivity index (χ0n) is 15.3. The minimum Gasteiger partial charge on any atom is -0.356 e. The second-order valence-corrected chi connectivity index (χ2v) is 7.85. The molecule has 2 heterocycles. The average molecular weight is 417 g/mol. The van der Waals surface area contributed by atoms with Crippen molar-refractivity contribution in [1.82, 2.24) is 15.2 Å². The van der Waals surface area contributed by atoms with Crippen LogP contribution in [-0.4, -0.2) is 42.0 Å². The molecule has 28 heavy (non-hydrogen) atoms. The SMILES string of the molecule is NCCNCC1c2[nH]c3ccc(Cl)cc3c2CCN1C(=O)c1cccc(Cl)c1. The molecule has 3 aromatic rings. The van der Waals surface area contributed by atoms with Crippen molar-refractivity contribution in [1.29, 1.82) is 0 Å². The van der Waals surface area contributed by atoms with E-state index in [0.29, 0.717) is 41.8 Å². The van der Waals surface area contributed by atoms with Crippen molar-refractivity contribution < 1.29 is 4.79 Å². The van der Waals surface area contributed by atoms with Crippen molar-refractivity contribution in [3.8, 4) is 0 Å². The summed E-state index contributed by atoms with van der Waals surface area (Å²) in [5.41, 5.74) is 9.56. The number of rotatable bonds is 5. The van der Waals surface area contributed by atoms with Crippen molar-refractivity contribution >= 4 is 40.0 Å². The Morgan fingerprint density at radius 1 is 1.21 bits per heavy atom. The molecule has 2 aromatic carbocycles. The summed E-state index contributed by atoms with van der Waals surface area (Å²) in [5.74, 6) is -0.0237. The number of fused-ring (bicyclic) bond motifs is 3. The summed E-state index contributed by atoms with van der Waals surface area (Å²) < 4.78 is 0. The highest BCUT2D eigenvalue weighted by Gasteiger charge is 2.33. The quantitative estimate of drug-likeness (QED) is 0.554. The molecule has 0 bridgehead atoms. The molecule has 4 rings (SSSR count). The molecule has 4 N–H and O–H groups in total. The molecule has 0 saturated heterocycles. The van der Waals surface area contributed by atoms with Gasteiger partial charge in [0, 0.05) is 58.4 Å². The van der Waals surface area contributed by atoms with Crippen LogP contribution in [0.25, 0.3) is 10.9 Å². The summed E-state index contributed by atoms with van der Waals surface area (Å²) in [7, 11) is 0. The van der Waals surface area contributed by atoms with Gasteiger partial charge in [-0.2, -0.15) is 0 Å². The Hall–Kier alpha value is -2.05. The van der Waals surface area contributed by atoms with Gasteiger partial charge < -0.3 is 20.9 Å². The van der Waals surface area contributed by atoms with Crippen LogP contribution in [0.5, 0.6) is 0 Å². The largest absolute Gasteiger partial charge is 0.356 e. The number of aromatic amines is 1. The molecule has 0 aliphatic carbocycles.